The van der Waals surface area contributed by atoms with Gasteiger partial charge in [0.2, 0.25) is 5.91 Å². The summed E-state index contributed by atoms with van der Waals surface area (Å²) in [5.74, 6) is -0.0961. The third kappa shape index (κ3) is 8.33. The largest absolute Gasteiger partial charge is 0.405 e. The monoisotopic (exact) mass is 268 g/mol. The Balaban J connectivity index is 4.00. The third-order valence-corrected chi connectivity index (χ3v) is 2.84. The molecule has 2 N–H and O–H groups in total. The Morgan fingerprint density at radius 2 is 1.78 bits per heavy atom. The lowest BCUT2D eigenvalue weighted by Gasteiger charge is -2.22. The van der Waals surface area contributed by atoms with E-state index < -0.39 is 24.7 Å². The van der Waals surface area contributed by atoms with Crippen LogP contribution in [0, 0.1) is 5.92 Å². The van der Waals surface area contributed by atoms with Crippen LogP contribution in [0.25, 0.3) is 0 Å². The van der Waals surface area contributed by atoms with Gasteiger partial charge in [-0.05, 0) is 26.2 Å². The quantitative estimate of drug-likeness (QED) is 0.744. The highest BCUT2D eigenvalue weighted by Gasteiger charge is 2.28. The maximum atomic E-state index is 11.9. The Hall–Kier alpha value is -0.780. The first-order chi connectivity index (χ1) is 8.15. The molecule has 0 aliphatic rings. The molecule has 0 aliphatic carbocycles. The van der Waals surface area contributed by atoms with Crippen LogP contribution in [-0.4, -0.2) is 30.7 Å². The fourth-order valence-electron chi connectivity index (χ4n) is 1.68. The van der Waals surface area contributed by atoms with Crippen LogP contribution in [0.1, 0.15) is 40.5 Å². The van der Waals surface area contributed by atoms with Crippen molar-refractivity contribution in [3.63, 3.8) is 0 Å². The molecule has 0 heterocycles. The molecule has 0 aromatic carbocycles. The third-order valence-electron chi connectivity index (χ3n) is 2.84. The summed E-state index contributed by atoms with van der Waals surface area (Å²) in [4.78, 5) is 11.4. The standard InChI is InChI=1S/C12H23F3N2O/c1-5-8(2)6-9(3)17-10(4)11(18)16-7-12(13,14)15/h8-10,17H,5-7H2,1-4H3,(H,16,18). The minimum atomic E-state index is -4.36. The number of carbonyl (C=O) groups excluding carboxylic acids is 1. The van der Waals surface area contributed by atoms with Gasteiger partial charge in [0.25, 0.3) is 0 Å². The van der Waals surface area contributed by atoms with Crippen LogP contribution in [0.2, 0.25) is 0 Å². The number of rotatable bonds is 7. The topological polar surface area (TPSA) is 41.1 Å². The molecule has 0 saturated carbocycles. The van der Waals surface area contributed by atoms with Gasteiger partial charge in [-0.2, -0.15) is 13.2 Å². The lowest BCUT2D eigenvalue weighted by molar-refractivity contribution is -0.139. The smallest absolute Gasteiger partial charge is 0.346 e. The molecule has 0 aliphatic heterocycles. The predicted molar refractivity (Wildman–Crippen MR) is 65.2 cm³/mol. The van der Waals surface area contributed by atoms with E-state index in [2.05, 4.69) is 19.2 Å². The van der Waals surface area contributed by atoms with Gasteiger partial charge < -0.3 is 10.6 Å². The van der Waals surface area contributed by atoms with Crippen molar-refractivity contribution in [2.45, 2.75) is 58.8 Å². The molecule has 0 bridgehead atoms. The number of alkyl halides is 3. The van der Waals surface area contributed by atoms with Crippen molar-refractivity contribution in [2.24, 2.45) is 5.92 Å². The number of carbonyl (C=O) groups is 1. The van der Waals surface area contributed by atoms with E-state index in [0.29, 0.717) is 5.92 Å². The Morgan fingerprint density at radius 3 is 2.22 bits per heavy atom. The van der Waals surface area contributed by atoms with Crippen molar-refractivity contribution in [1.29, 1.82) is 0 Å². The summed E-state index contributed by atoms with van der Waals surface area (Å²) in [6.07, 6.45) is -2.42. The Bertz CT molecular complexity index is 256. The van der Waals surface area contributed by atoms with E-state index in [9.17, 15) is 18.0 Å². The molecule has 0 rings (SSSR count). The second-order valence-electron chi connectivity index (χ2n) is 4.87. The van der Waals surface area contributed by atoms with E-state index in [-0.39, 0.29) is 6.04 Å². The highest BCUT2D eigenvalue weighted by atomic mass is 19.4. The minimum absolute atomic E-state index is 0.103. The Morgan fingerprint density at radius 1 is 1.22 bits per heavy atom. The van der Waals surface area contributed by atoms with Crippen LogP contribution in [-0.2, 0) is 4.79 Å². The molecule has 3 unspecified atom stereocenters. The van der Waals surface area contributed by atoms with E-state index in [4.69, 9.17) is 0 Å². The van der Waals surface area contributed by atoms with Crippen LogP contribution >= 0.6 is 0 Å². The second-order valence-corrected chi connectivity index (χ2v) is 4.87. The molecule has 0 aromatic rings. The minimum Gasteiger partial charge on any atom is -0.346 e. The van der Waals surface area contributed by atoms with Gasteiger partial charge in [-0.3, -0.25) is 4.79 Å². The fraction of sp³-hybridized carbons (Fsp3) is 0.917. The number of nitrogens with one attached hydrogen (secondary N) is 2. The molecule has 3 nitrogen and oxygen atoms in total. The number of halogens is 3. The Kier molecular flexibility index (Phi) is 7.28. The predicted octanol–water partition coefficient (Wildman–Crippen LogP) is 2.47. The van der Waals surface area contributed by atoms with Gasteiger partial charge in [-0.1, -0.05) is 20.3 Å². The van der Waals surface area contributed by atoms with Crippen molar-refractivity contribution >= 4 is 5.91 Å². The van der Waals surface area contributed by atoms with E-state index >= 15 is 0 Å². The number of amides is 1. The molecule has 0 fully saturated rings. The summed E-state index contributed by atoms with van der Waals surface area (Å²) in [6, 6.07) is -0.516. The van der Waals surface area contributed by atoms with Gasteiger partial charge in [0.15, 0.2) is 0 Å². The summed E-state index contributed by atoms with van der Waals surface area (Å²) < 4.78 is 35.8. The lowest BCUT2D eigenvalue weighted by Crippen LogP contribution is -2.48. The van der Waals surface area contributed by atoms with Crippen LogP contribution in [0.3, 0.4) is 0 Å². The second kappa shape index (κ2) is 7.61. The van der Waals surface area contributed by atoms with Gasteiger partial charge >= 0.3 is 6.18 Å². The molecule has 108 valence electrons. The average molecular weight is 268 g/mol. The molecular weight excluding hydrogens is 245 g/mol. The van der Waals surface area contributed by atoms with E-state index in [1.54, 1.807) is 6.92 Å². The van der Waals surface area contributed by atoms with Gasteiger partial charge in [-0.25, -0.2) is 0 Å². The zero-order chi connectivity index (χ0) is 14.3. The van der Waals surface area contributed by atoms with E-state index in [0.717, 1.165) is 12.8 Å². The van der Waals surface area contributed by atoms with Gasteiger partial charge in [0.1, 0.15) is 6.54 Å². The van der Waals surface area contributed by atoms with Crippen LogP contribution in [0.5, 0.6) is 0 Å². The van der Waals surface area contributed by atoms with Gasteiger partial charge in [0, 0.05) is 6.04 Å². The summed E-state index contributed by atoms with van der Waals surface area (Å²) in [6.45, 7) is 6.40. The maximum absolute atomic E-state index is 11.9. The van der Waals surface area contributed by atoms with Gasteiger partial charge in [0.05, 0.1) is 6.04 Å². The van der Waals surface area contributed by atoms with E-state index in [1.165, 1.54) is 0 Å². The molecule has 6 heteroatoms. The molecule has 3 atom stereocenters. The first-order valence-corrected chi connectivity index (χ1v) is 6.26. The summed E-state index contributed by atoms with van der Waals surface area (Å²) in [7, 11) is 0. The maximum Gasteiger partial charge on any atom is 0.405 e. The summed E-state index contributed by atoms with van der Waals surface area (Å²) in [5.41, 5.74) is 0. The number of hydrogen-bond donors (Lipinski definition) is 2. The summed E-state index contributed by atoms with van der Waals surface area (Å²) >= 11 is 0. The van der Waals surface area contributed by atoms with Crippen molar-refractivity contribution in [1.82, 2.24) is 10.6 Å². The zero-order valence-corrected chi connectivity index (χ0v) is 11.4. The van der Waals surface area contributed by atoms with E-state index in [1.807, 2.05) is 12.2 Å². The molecular formula is C12H23F3N2O. The van der Waals surface area contributed by atoms with Crippen molar-refractivity contribution in [3.8, 4) is 0 Å². The van der Waals surface area contributed by atoms with Gasteiger partial charge in [-0.15, -0.1) is 0 Å². The van der Waals surface area contributed by atoms with Crippen molar-refractivity contribution < 1.29 is 18.0 Å². The average Bonchev–Trinajstić information content (AvgIpc) is 2.24. The highest BCUT2D eigenvalue weighted by Crippen LogP contribution is 2.12. The zero-order valence-electron chi connectivity index (χ0n) is 11.4. The van der Waals surface area contributed by atoms with Crippen molar-refractivity contribution in [3.05, 3.63) is 0 Å². The Labute approximate surface area is 107 Å². The van der Waals surface area contributed by atoms with Crippen molar-refractivity contribution in [2.75, 3.05) is 6.54 Å². The fourth-order valence-corrected chi connectivity index (χ4v) is 1.68. The molecule has 0 aromatic heterocycles. The number of hydrogen-bond acceptors (Lipinski definition) is 2. The van der Waals surface area contributed by atoms with Crippen LogP contribution in [0.15, 0.2) is 0 Å². The SMILES string of the molecule is CCC(C)CC(C)NC(C)C(=O)NCC(F)(F)F. The molecule has 18 heavy (non-hydrogen) atoms. The lowest BCUT2D eigenvalue weighted by atomic mass is 10.00. The molecule has 0 saturated heterocycles. The highest BCUT2D eigenvalue weighted by molar-refractivity contribution is 5.81. The first kappa shape index (κ1) is 17.2. The first-order valence-electron chi connectivity index (χ1n) is 6.26. The molecule has 0 spiro atoms. The molecule has 1 amide bonds. The van der Waals surface area contributed by atoms with Crippen LogP contribution in [0.4, 0.5) is 13.2 Å². The normalized spacial score (nSPS) is 17.1. The molecule has 0 radical (unpaired) electrons. The van der Waals surface area contributed by atoms with Crippen LogP contribution < -0.4 is 10.6 Å². The summed E-state index contributed by atoms with van der Waals surface area (Å²) in [5, 5.41) is 4.87.